The standard InChI is InChI=1S/C15H15BrClNO/c1-19-10-11-4-2-3-5-15(11)18-9-12-8-13(17)6-7-14(12)16/h2-8,18H,9-10H2,1H3. The zero-order chi connectivity index (χ0) is 13.7. The molecular weight excluding hydrogens is 326 g/mol. The first-order valence-electron chi connectivity index (χ1n) is 5.95. The number of hydrogen-bond acceptors (Lipinski definition) is 2. The van der Waals surface area contributed by atoms with Crippen molar-refractivity contribution in [2.45, 2.75) is 13.2 Å². The SMILES string of the molecule is COCc1ccccc1NCc1cc(Cl)ccc1Br. The van der Waals surface area contributed by atoms with Crippen LogP contribution in [0.3, 0.4) is 0 Å². The highest BCUT2D eigenvalue weighted by Crippen LogP contribution is 2.23. The average Bonchev–Trinajstić information content (AvgIpc) is 2.42. The second-order valence-corrected chi connectivity index (χ2v) is 5.47. The van der Waals surface area contributed by atoms with E-state index in [1.807, 2.05) is 36.4 Å². The van der Waals surface area contributed by atoms with Crippen molar-refractivity contribution in [3.63, 3.8) is 0 Å². The summed E-state index contributed by atoms with van der Waals surface area (Å²) in [6.07, 6.45) is 0. The molecule has 0 spiro atoms. The van der Waals surface area contributed by atoms with Crippen molar-refractivity contribution < 1.29 is 4.74 Å². The van der Waals surface area contributed by atoms with Crippen LogP contribution in [0.15, 0.2) is 46.9 Å². The van der Waals surface area contributed by atoms with E-state index in [9.17, 15) is 0 Å². The van der Waals surface area contributed by atoms with Crippen LogP contribution in [-0.2, 0) is 17.9 Å². The van der Waals surface area contributed by atoms with Crippen molar-refractivity contribution in [3.8, 4) is 0 Å². The van der Waals surface area contributed by atoms with Gasteiger partial charge in [0.25, 0.3) is 0 Å². The molecule has 0 fully saturated rings. The molecule has 2 rings (SSSR count). The van der Waals surface area contributed by atoms with Gasteiger partial charge < -0.3 is 10.1 Å². The summed E-state index contributed by atoms with van der Waals surface area (Å²) in [7, 11) is 1.70. The number of methoxy groups -OCH3 is 1. The molecule has 0 amide bonds. The predicted molar refractivity (Wildman–Crippen MR) is 83.6 cm³/mol. The van der Waals surface area contributed by atoms with Crippen molar-refractivity contribution in [2.75, 3.05) is 12.4 Å². The van der Waals surface area contributed by atoms with Gasteiger partial charge in [-0.2, -0.15) is 0 Å². The summed E-state index contributed by atoms with van der Waals surface area (Å²) >= 11 is 9.54. The lowest BCUT2D eigenvalue weighted by Gasteiger charge is -2.12. The Morgan fingerprint density at radius 2 is 1.95 bits per heavy atom. The summed E-state index contributed by atoms with van der Waals surface area (Å²) in [5.41, 5.74) is 3.35. The van der Waals surface area contributed by atoms with Crippen LogP contribution in [0.5, 0.6) is 0 Å². The highest BCUT2D eigenvalue weighted by molar-refractivity contribution is 9.10. The molecule has 0 aromatic heterocycles. The third-order valence-corrected chi connectivity index (χ3v) is 3.80. The van der Waals surface area contributed by atoms with E-state index in [1.54, 1.807) is 7.11 Å². The molecule has 0 bridgehead atoms. The molecule has 0 radical (unpaired) electrons. The van der Waals surface area contributed by atoms with Gasteiger partial charge in [0.15, 0.2) is 0 Å². The number of benzene rings is 2. The molecular formula is C15H15BrClNO. The molecule has 100 valence electrons. The first-order valence-corrected chi connectivity index (χ1v) is 7.12. The average molecular weight is 341 g/mol. The molecule has 19 heavy (non-hydrogen) atoms. The van der Waals surface area contributed by atoms with Gasteiger partial charge in [-0.15, -0.1) is 0 Å². The number of halogens is 2. The Hall–Kier alpha value is -1.03. The topological polar surface area (TPSA) is 21.3 Å². The number of ether oxygens (including phenoxy) is 1. The van der Waals surface area contributed by atoms with E-state index in [0.717, 1.165) is 26.3 Å². The van der Waals surface area contributed by atoms with E-state index in [0.29, 0.717) is 13.2 Å². The molecule has 0 atom stereocenters. The Morgan fingerprint density at radius 1 is 1.16 bits per heavy atom. The van der Waals surface area contributed by atoms with E-state index in [-0.39, 0.29) is 0 Å². The summed E-state index contributed by atoms with van der Waals surface area (Å²) in [5.74, 6) is 0. The molecule has 4 heteroatoms. The van der Waals surface area contributed by atoms with Crippen LogP contribution in [0.2, 0.25) is 5.02 Å². The number of rotatable bonds is 5. The van der Waals surface area contributed by atoms with Crippen LogP contribution in [0.1, 0.15) is 11.1 Å². The second-order valence-electron chi connectivity index (χ2n) is 4.18. The van der Waals surface area contributed by atoms with Crippen molar-refractivity contribution in [1.29, 1.82) is 0 Å². The Labute approximate surface area is 126 Å². The Morgan fingerprint density at radius 3 is 2.74 bits per heavy atom. The molecule has 0 heterocycles. The van der Waals surface area contributed by atoms with Gasteiger partial charge in [0, 0.05) is 34.4 Å². The predicted octanol–water partition coefficient (Wildman–Crippen LogP) is 4.86. The van der Waals surface area contributed by atoms with E-state index < -0.39 is 0 Å². The molecule has 2 aromatic carbocycles. The van der Waals surface area contributed by atoms with Gasteiger partial charge in [0.1, 0.15) is 0 Å². The van der Waals surface area contributed by atoms with E-state index in [1.165, 1.54) is 0 Å². The van der Waals surface area contributed by atoms with Crippen LogP contribution in [0, 0.1) is 0 Å². The fraction of sp³-hybridized carbons (Fsp3) is 0.200. The monoisotopic (exact) mass is 339 g/mol. The number of anilines is 1. The fourth-order valence-electron chi connectivity index (χ4n) is 1.84. The van der Waals surface area contributed by atoms with Crippen LogP contribution in [0.4, 0.5) is 5.69 Å². The third-order valence-electron chi connectivity index (χ3n) is 2.79. The molecule has 2 aromatic rings. The lowest BCUT2D eigenvalue weighted by Crippen LogP contribution is -2.03. The molecule has 0 saturated heterocycles. The minimum atomic E-state index is 0.597. The highest BCUT2D eigenvalue weighted by Gasteiger charge is 2.04. The second kappa shape index (κ2) is 6.94. The molecule has 0 aliphatic heterocycles. The Kier molecular flexibility index (Phi) is 5.25. The van der Waals surface area contributed by atoms with Crippen LogP contribution in [-0.4, -0.2) is 7.11 Å². The van der Waals surface area contributed by atoms with Gasteiger partial charge in [-0.25, -0.2) is 0 Å². The lowest BCUT2D eigenvalue weighted by atomic mass is 10.1. The van der Waals surface area contributed by atoms with Crippen LogP contribution >= 0.6 is 27.5 Å². The quantitative estimate of drug-likeness (QED) is 0.839. The lowest BCUT2D eigenvalue weighted by molar-refractivity contribution is 0.185. The highest BCUT2D eigenvalue weighted by atomic mass is 79.9. The van der Waals surface area contributed by atoms with Crippen LogP contribution in [0.25, 0.3) is 0 Å². The summed E-state index contributed by atoms with van der Waals surface area (Å²) in [6.45, 7) is 1.31. The van der Waals surface area contributed by atoms with Gasteiger partial charge >= 0.3 is 0 Å². The Balaban J connectivity index is 2.12. The zero-order valence-corrected chi connectivity index (χ0v) is 13.0. The minimum absolute atomic E-state index is 0.597. The number of hydrogen-bond donors (Lipinski definition) is 1. The maximum Gasteiger partial charge on any atom is 0.0733 e. The van der Waals surface area contributed by atoms with Gasteiger partial charge in [-0.3, -0.25) is 0 Å². The third kappa shape index (κ3) is 3.96. The molecule has 2 nitrogen and oxygen atoms in total. The first-order chi connectivity index (χ1) is 9.20. The van der Waals surface area contributed by atoms with Gasteiger partial charge in [0.05, 0.1) is 6.61 Å². The smallest absolute Gasteiger partial charge is 0.0733 e. The molecule has 0 aliphatic rings. The summed E-state index contributed by atoms with van der Waals surface area (Å²) in [4.78, 5) is 0. The summed E-state index contributed by atoms with van der Waals surface area (Å²) in [6, 6.07) is 13.9. The van der Waals surface area contributed by atoms with Crippen LogP contribution < -0.4 is 5.32 Å². The molecule has 0 aliphatic carbocycles. The first kappa shape index (κ1) is 14.4. The fourth-order valence-corrected chi connectivity index (χ4v) is 2.42. The molecule has 0 unspecified atom stereocenters. The summed E-state index contributed by atoms with van der Waals surface area (Å²) < 4.78 is 6.24. The van der Waals surface area contributed by atoms with Gasteiger partial charge in [0.2, 0.25) is 0 Å². The Bertz CT molecular complexity index is 560. The van der Waals surface area contributed by atoms with E-state index >= 15 is 0 Å². The van der Waals surface area contributed by atoms with Crippen molar-refractivity contribution in [1.82, 2.24) is 0 Å². The largest absolute Gasteiger partial charge is 0.381 e. The minimum Gasteiger partial charge on any atom is -0.381 e. The van der Waals surface area contributed by atoms with Crippen molar-refractivity contribution in [3.05, 3.63) is 63.1 Å². The normalized spacial score (nSPS) is 10.5. The maximum atomic E-state index is 6.01. The van der Waals surface area contributed by atoms with Crippen molar-refractivity contribution >= 4 is 33.2 Å². The summed E-state index contributed by atoms with van der Waals surface area (Å²) in [5, 5.41) is 4.15. The van der Waals surface area contributed by atoms with Crippen molar-refractivity contribution in [2.24, 2.45) is 0 Å². The van der Waals surface area contributed by atoms with E-state index in [2.05, 4.69) is 27.3 Å². The van der Waals surface area contributed by atoms with E-state index in [4.69, 9.17) is 16.3 Å². The van der Waals surface area contributed by atoms with Gasteiger partial charge in [-0.1, -0.05) is 45.7 Å². The molecule has 1 N–H and O–H groups in total. The number of para-hydroxylation sites is 1. The zero-order valence-electron chi connectivity index (χ0n) is 10.6. The molecule has 0 saturated carbocycles. The van der Waals surface area contributed by atoms with Gasteiger partial charge in [-0.05, 0) is 29.8 Å². The maximum absolute atomic E-state index is 6.01. The number of nitrogens with one attached hydrogen (secondary N) is 1.